The van der Waals surface area contributed by atoms with E-state index in [0.29, 0.717) is 11.0 Å². The average Bonchev–Trinajstić information content (AvgIpc) is 2.38. The minimum Gasteiger partial charge on any atom is -0.335 e. The fourth-order valence-corrected chi connectivity index (χ4v) is 2.77. The van der Waals surface area contributed by atoms with Gasteiger partial charge in [0.25, 0.3) is 0 Å². The molecule has 0 amide bonds. The molecule has 1 heterocycles. The predicted molar refractivity (Wildman–Crippen MR) is 97.5 cm³/mol. The molecule has 1 aliphatic rings. The van der Waals surface area contributed by atoms with Crippen LogP contribution in [0, 0.1) is 5.41 Å². The molecule has 1 fully saturated rings. The first-order chi connectivity index (χ1) is 10.1. The monoisotopic (exact) mass is 305 g/mol. The van der Waals surface area contributed by atoms with Crippen molar-refractivity contribution in [1.82, 2.24) is 4.90 Å². The van der Waals surface area contributed by atoms with Gasteiger partial charge in [0.15, 0.2) is 0 Å². The number of quaternary nitrogens is 1. The normalized spacial score (nSPS) is 17.8. The highest BCUT2D eigenvalue weighted by Gasteiger charge is 2.25. The fraction of sp³-hybridized carbons (Fsp3) is 0.700. The Balaban J connectivity index is 0.000000220. The number of nitrogens with one attached hydrogen (secondary N) is 1. The molecule has 1 aliphatic heterocycles. The summed E-state index contributed by atoms with van der Waals surface area (Å²) in [6.07, 6.45) is 1.16. The zero-order valence-electron chi connectivity index (χ0n) is 15.9. The molecule has 0 atom stereocenters. The summed E-state index contributed by atoms with van der Waals surface area (Å²) in [5.74, 6) is 0. The highest BCUT2D eigenvalue weighted by molar-refractivity contribution is 5.15. The number of likely N-dealkylation sites (N-methyl/N-ethyl adjacent to an activating group) is 1. The maximum atomic E-state index is 2.57. The van der Waals surface area contributed by atoms with E-state index < -0.39 is 0 Å². The number of hydrogen-bond acceptors (Lipinski definition) is 1. The second kappa shape index (κ2) is 8.12. The Labute approximate surface area is 138 Å². The van der Waals surface area contributed by atoms with Crippen LogP contribution in [0.3, 0.4) is 0 Å². The van der Waals surface area contributed by atoms with Crippen LogP contribution in [-0.2, 0) is 6.42 Å². The smallest absolute Gasteiger partial charge is 0.0898 e. The van der Waals surface area contributed by atoms with Crippen LogP contribution in [0.4, 0.5) is 0 Å². The molecule has 0 spiro atoms. The van der Waals surface area contributed by atoms with Crippen LogP contribution in [-0.4, -0.2) is 43.7 Å². The van der Waals surface area contributed by atoms with Gasteiger partial charge >= 0.3 is 0 Å². The number of piperazine rings is 1. The summed E-state index contributed by atoms with van der Waals surface area (Å²) < 4.78 is 0. The van der Waals surface area contributed by atoms with Gasteiger partial charge in [-0.15, -0.1) is 0 Å². The second-order valence-corrected chi connectivity index (χ2v) is 8.84. The molecule has 0 aliphatic carbocycles. The van der Waals surface area contributed by atoms with E-state index in [1.165, 1.54) is 31.7 Å². The Bertz CT molecular complexity index is 404. The van der Waals surface area contributed by atoms with Crippen LogP contribution < -0.4 is 4.90 Å². The van der Waals surface area contributed by atoms with Gasteiger partial charge in [-0.3, -0.25) is 4.90 Å². The number of benzene rings is 1. The van der Waals surface area contributed by atoms with E-state index in [0.717, 1.165) is 6.42 Å². The molecule has 0 unspecified atom stereocenters. The molecule has 2 rings (SSSR count). The van der Waals surface area contributed by atoms with Crippen molar-refractivity contribution in [3.05, 3.63) is 35.9 Å². The van der Waals surface area contributed by atoms with E-state index in [9.17, 15) is 0 Å². The molecule has 2 nitrogen and oxygen atoms in total. The standard InChI is InChI=1S/C11H16.C9H20N2/c1-11(2,3)9-10-7-5-4-6-8-10;1-9(2,3)11-7-5-10(4)6-8-11/h4-8H,9H2,1-3H3;5-8H2,1-4H3/p+1. The summed E-state index contributed by atoms with van der Waals surface area (Å²) in [4.78, 5) is 4.24. The molecule has 0 bridgehead atoms. The summed E-state index contributed by atoms with van der Waals surface area (Å²) in [5, 5.41) is 0. The van der Waals surface area contributed by atoms with Gasteiger partial charge in [-0.1, -0.05) is 51.1 Å². The lowest BCUT2D eigenvalue weighted by molar-refractivity contribution is -0.884. The molecule has 0 saturated carbocycles. The molecule has 2 heteroatoms. The lowest BCUT2D eigenvalue weighted by Crippen LogP contribution is -3.12. The maximum absolute atomic E-state index is 2.57. The van der Waals surface area contributed by atoms with Crippen LogP contribution in [0.25, 0.3) is 0 Å². The Morgan fingerprint density at radius 3 is 1.82 bits per heavy atom. The molecule has 1 N–H and O–H groups in total. The zero-order valence-corrected chi connectivity index (χ0v) is 15.9. The molecule has 126 valence electrons. The van der Waals surface area contributed by atoms with Crippen LogP contribution in [0.1, 0.15) is 47.1 Å². The van der Waals surface area contributed by atoms with Crippen molar-refractivity contribution >= 4 is 0 Å². The van der Waals surface area contributed by atoms with Crippen molar-refractivity contribution in [2.75, 3.05) is 33.2 Å². The van der Waals surface area contributed by atoms with Crippen LogP contribution in [0.5, 0.6) is 0 Å². The van der Waals surface area contributed by atoms with E-state index in [1.807, 2.05) is 0 Å². The van der Waals surface area contributed by atoms with Crippen molar-refractivity contribution in [2.24, 2.45) is 5.41 Å². The van der Waals surface area contributed by atoms with Crippen molar-refractivity contribution in [1.29, 1.82) is 0 Å². The van der Waals surface area contributed by atoms with Gasteiger partial charge in [-0.25, -0.2) is 0 Å². The Hall–Kier alpha value is -0.860. The molecular weight excluding hydrogens is 268 g/mol. The summed E-state index contributed by atoms with van der Waals surface area (Å²) in [5.41, 5.74) is 2.21. The zero-order chi connectivity index (χ0) is 16.8. The first kappa shape index (κ1) is 19.2. The van der Waals surface area contributed by atoms with E-state index >= 15 is 0 Å². The number of rotatable bonds is 1. The topological polar surface area (TPSA) is 7.68 Å². The lowest BCUT2D eigenvalue weighted by atomic mass is 9.88. The van der Waals surface area contributed by atoms with E-state index in [1.54, 1.807) is 4.90 Å². The van der Waals surface area contributed by atoms with Crippen molar-refractivity contribution in [3.63, 3.8) is 0 Å². The maximum Gasteiger partial charge on any atom is 0.0898 e. The highest BCUT2D eigenvalue weighted by Crippen LogP contribution is 2.19. The first-order valence-corrected chi connectivity index (χ1v) is 8.68. The minimum absolute atomic E-state index is 0.376. The molecule has 0 aromatic heterocycles. The third-order valence-electron chi connectivity index (χ3n) is 4.14. The number of hydrogen-bond donors (Lipinski definition) is 1. The Morgan fingerprint density at radius 1 is 0.909 bits per heavy atom. The van der Waals surface area contributed by atoms with Gasteiger partial charge in [0.05, 0.1) is 20.1 Å². The van der Waals surface area contributed by atoms with Gasteiger partial charge in [-0.05, 0) is 38.2 Å². The van der Waals surface area contributed by atoms with Crippen molar-refractivity contribution < 1.29 is 4.90 Å². The summed E-state index contributed by atoms with van der Waals surface area (Å²) in [7, 11) is 2.28. The SMILES string of the molecule is CC(C)(C)Cc1ccccc1.C[NH+]1CCN(C(C)(C)C)CC1. The predicted octanol–water partition coefficient (Wildman–Crippen LogP) is 2.89. The minimum atomic E-state index is 0.376. The van der Waals surface area contributed by atoms with E-state index in [4.69, 9.17) is 0 Å². The van der Waals surface area contributed by atoms with Crippen LogP contribution in [0.2, 0.25) is 0 Å². The molecular formula is C20H37N2+. The summed E-state index contributed by atoms with van der Waals surface area (Å²) >= 11 is 0. The molecule has 1 aromatic rings. The Kier molecular flexibility index (Phi) is 7.08. The number of nitrogens with zero attached hydrogens (tertiary/aromatic N) is 1. The molecule has 1 saturated heterocycles. The summed E-state index contributed by atoms with van der Waals surface area (Å²) in [6.45, 7) is 18.8. The van der Waals surface area contributed by atoms with Crippen LogP contribution in [0.15, 0.2) is 30.3 Å². The molecule has 1 aromatic carbocycles. The highest BCUT2D eigenvalue weighted by atomic mass is 15.3. The first-order valence-electron chi connectivity index (χ1n) is 8.68. The van der Waals surface area contributed by atoms with Gasteiger partial charge in [0, 0.05) is 18.6 Å². The second-order valence-electron chi connectivity index (χ2n) is 8.84. The van der Waals surface area contributed by atoms with Crippen LogP contribution >= 0.6 is 0 Å². The third-order valence-corrected chi connectivity index (χ3v) is 4.14. The quantitative estimate of drug-likeness (QED) is 0.838. The fourth-order valence-electron chi connectivity index (χ4n) is 2.77. The van der Waals surface area contributed by atoms with Gasteiger partial charge in [0.1, 0.15) is 0 Å². The van der Waals surface area contributed by atoms with Gasteiger partial charge in [0.2, 0.25) is 0 Å². The van der Waals surface area contributed by atoms with Crippen molar-refractivity contribution in [2.45, 2.75) is 53.5 Å². The van der Waals surface area contributed by atoms with E-state index in [-0.39, 0.29) is 0 Å². The molecule has 0 radical (unpaired) electrons. The van der Waals surface area contributed by atoms with E-state index in [2.05, 4.69) is 83.8 Å². The average molecular weight is 306 g/mol. The molecule has 22 heavy (non-hydrogen) atoms. The lowest BCUT2D eigenvalue weighted by Gasteiger charge is -2.39. The largest absolute Gasteiger partial charge is 0.335 e. The van der Waals surface area contributed by atoms with Gasteiger partial charge < -0.3 is 4.90 Å². The van der Waals surface area contributed by atoms with Crippen molar-refractivity contribution in [3.8, 4) is 0 Å². The third kappa shape index (κ3) is 7.95. The summed E-state index contributed by atoms with van der Waals surface area (Å²) in [6, 6.07) is 10.6. The Morgan fingerprint density at radius 2 is 1.41 bits per heavy atom. The van der Waals surface area contributed by atoms with Gasteiger partial charge in [-0.2, -0.15) is 0 Å².